The number of aromatic nitrogens is 1. The highest BCUT2D eigenvalue weighted by molar-refractivity contribution is 5.90. The van der Waals surface area contributed by atoms with Crippen molar-refractivity contribution in [2.45, 2.75) is 32.6 Å². The molecule has 142 valence electrons. The van der Waals surface area contributed by atoms with Gasteiger partial charge in [0.1, 0.15) is 5.82 Å². The molecular weight excluding hydrogens is 332 g/mol. The van der Waals surface area contributed by atoms with Crippen molar-refractivity contribution in [1.82, 2.24) is 15.2 Å². The second-order valence-electron chi connectivity index (χ2n) is 6.56. The summed E-state index contributed by atoms with van der Waals surface area (Å²) in [4.78, 5) is 33.9. The average Bonchev–Trinajstić information content (AvgIpc) is 2.58. The maximum atomic E-state index is 12.0. The molecular formula is C18H28N6O2. The zero-order valence-corrected chi connectivity index (χ0v) is 15.5. The van der Waals surface area contributed by atoms with Crippen LogP contribution in [0.1, 0.15) is 31.4 Å². The number of nitrogens with zero attached hydrogens (tertiary/aromatic N) is 3. The number of guanidine groups is 1. The third-order valence-electron chi connectivity index (χ3n) is 4.31. The molecule has 1 aromatic heterocycles. The molecule has 1 unspecified atom stereocenters. The summed E-state index contributed by atoms with van der Waals surface area (Å²) >= 11 is 0. The number of carbonyl (C=O) groups is 2. The molecule has 1 aromatic rings. The first-order chi connectivity index (χ1) is 12.5. The summed E-state index contributed by atoms with van der Waals surface area (Å²) in [6.45, 7) is 3.99. The van der Waals surface area contributed by atoms with Gasteiger partial charge in [0.15, 0.2) is 5.96 Å². The molecule has 0 bridgehead atoms. The molecule has 2 rings (SSSR count). The van der Waals surface area contributed by atoms with Crippen molar-refractivity contribution in [3.8, 4) is 0 Å². The molecule has 1 aliphatic rings. The van der Waals surface area contributed by atoms with E-state index in [-0.39, 0.29) is 17.7 Å². The van der Waals surface area contributed by atoms with Gasteiger partial charge in [0.2, 0.25) is 11.8 Å². The lowest BCUT2D eigenvalue weighted by Gasteiger charge is -2.34. The van der Waals surface area contributed by atoms with Gasteiger partial charge in [-0.2, -0.15) is 0 Å². The van der Waals surface area contributed by atoms with Crippen molar-refractivity contribution in [2.75, 3.05) is 32.0 Å². The number of likely N-dealkylation sites (tertiary alicyclic amines) is 1. The molecule has 0 radical (unpaired) electrons. The zero-order chi connectivity index (χ0) is 18.9. The predicted molar refractivity (Wildman–Crippen MR) is 102 cm³/mol. The third kappa shape index (κ3) is 6.34. The quantitative estimate of drug-likeness (QED) is 0.515. The van der Waals surface area contributed by atoms with Crippen molar-refractivity contribution < 1.29 is 9.59 Å². The fourth-order valence-corrected chi connectivity index (χ4v) is 3.15. The lowest BCUT2D eigenvalue weighted by Crippen LogP contribution is -2.47. The number of primary amides is 1. The molecule has 1 fully saturated rings. The number of anilines is 1. The number of rotatable bonds is 6. The molecule has 0 saturated carbocycles. The van der Waals surface area contributed by atoms with Gasteiger partial charge in [-0.3, -0.25) is 14.6 Å². The van der Waals surface area contributed by atoms with Crippen LogP contribution in [0.5, 0.6) is 0 Å². The van der Waals surface area contributed by atoms with Gasteiger partial charge < -0.3 is 21.3 Å². The SMILES string of the molecule is CN=C(NCCC(=O)Nc1cccc(C)n1)N1CCCC(CC(N)=O)C1. The lowest BCUT2D eigenvalue weighted by atomic mass is 9.95. The number of hydrogen-bond acceptors (Lipinski definition) is 4. The first kappa shape index (κ1) is 19.7. The second kappa shape index (κ2) is 9.74. The largest absolute Gasteiger partial charge is 0.370 e. The summed E-state index contributed by atoms with van der Waals surface area (Å²) in [5.74, 6) is 1.21. The van der Waals surface area contributed by atoms with E-state index in [1.54, 1.807) is 13.1 Å². The maximum Gasteiger partial charge on any atom is 0.227 e. The fraction of sp³-hybridized carbons (Fsp3) is 0.556. The van der Waals surface area contributed by atoms with Crippen molar-refractivity contribution >= 4 is 23.6 Å². The van der Waals surface area contributed by atoms with E-state index >= 15 is 0 Å². The number of aryl methyl sites for hydroxylation is 1. The van der Waals surface area contributed by atoms with Crippen LogP contribution in [-0.4, -0.2) is 54.3 Å². The number of nitrogens with two attached hydrogens (primary N) is 1. The minimum Gasteiger partial charge on any atom is -0.370 e. The van der Waals surface area contributed by atoms with E-state index < -0.39 is 0 Å². The van der Waals surface area contributed by atoms with Crippen LogP contribution >= 0.6 is 0 Å². The first-order valence-electron chi connectivity index (χ1n) is 8.95. The number of amides is 2. The summed E-state index contributed by atoms with van der Waals surface area (Å²) in [7, 11) is 1.72. The highest BCUT2D eigenvalue weighted by Crippen LogP contribution is 2.19. The van der Waals surface area contributed by atoms with Crippen LogP contribution in [0.2, 0.25) is 0 Å². The maximum absolute atomic E-state index is 12.0. The number of aliphatic imine (C=N–C) groups is 1. The molecule has 2 heterocycles. The summed E-state index contributed by atoms with van der Waals surface area (Å²) in [5.41, 5.74) is 6.17. The molecule has 2 amide bonds. The molecule has 1 atom stereocenters. The number of hydrogen-bond donors (Lipinski definition) is 3. The van der Waals surface area contributed by atoms with E-state index in [0.717, 1.165) is 37.6 Å². The Morgan fingerprint density at radius 2 is 2.23 bits per heavy atom. The van der Waals surface area contributed by atoms with Crippen molar-refractivity contribution in [3.05, 3.63) is 23.9 Å². The Morgan fingerprint density at radius 3 is 2.92 bits per heavy atom. The van der Waals surface area contributed by atoms with Gasteiger partial charge in [-0.1, -0.05) is 6.07 Å². The standard InChI is InChI=1S/C18H28N6O2/c1-13-5-3-7-16(22-13)23-17(26)8-9-21-18(20-2)24-10-4-6-14(12-24)11-15(19)25/h3,5,7,14H,4,6,8-12H2,1-2H3,(H2,19,25)(H,20,21)(H,22,23,26). The smallest absolute Gasteiger partial charge is 0.227 e. The van der Waals surface area contributed by atoms with Gasteiger partial charge in [0.05, 0.1) is 0 Å². The summed E-state index contributed by atoms with van der Waals surface area (Å²) in [6, 6.07) is 5.51. The van der Waals surface area contributed by atoms with Crippen LogP contribution in [0.15, 0.2) is 23.2 Å². The number of piperidine rings is 1. The van der Waals surface area contributed by atoms with Crippen molar-refractivity contribution in [2.24, 2.45) is 16.6 Å². The van der Waals surface area contributed by atoms with Crippen LogP contribution in [0, 0.1) is 12.8 Å². The molecule has 4 N–H and O–H groups in total. The Kier molecular flexibility index (Phi) is 7.37. The van der Waals surface area contributed by atoms with E-state index in [0.29, 0.717) is 25.2 Å². The number of nitrogens with one attached hydrogen (secondary N) is 2. The van der Waals surface area contributed by atoms with Gasteiger partial charge >= 0.3 is 0 Å². The first-order valence-corrected chi connectivity index (χ1v) is 8.95. The van der Waals surface area contributed by atoms with E-state index in [4.69, 9.17) is 5.73 Å². The Labute approximate surface area is 154 Å². The highest BCUT2D eigenvalue weighted by Gasteiger charge is 2.23. The average molecular weight is 360 g/mol. The Morgan fingerprint density at radius 1 is 1.42 bits per heavy atom. The van der Waals surface area contributed by atoms with Gasteiger partial charge in [0, 0.05) is 45.2 Å². The van der Waals surface area contributed by atoms with E-state index in [9.17, 15) is 9.59 Å². The molecule has 0 aliphatic carbocycles. The Bertz CT molecular complexity index is 661. The normalized spacial score (nSPS) is 17.7. The lowest BCUT2D eigenvalue weighted by molar-refractivity contribution is -0.119. The predicted octanol–water partition coefficient (Wildman–Crippen LogP) is 0.881. The van der Waals surface area contributed by atoms with Gasteiger partial charge in [0.25, 0.3) is 0 Å². The monoisotopic (exact) mass is 360 g/mol. The molecule has 26 heavy (non-hydrogen) atoms. The third-order valence-corrected chi connectivity index (χ3v) is 4.31. The summed E-state index contributed by atoms with van der Waals surface area (Å²) in [5, 5.41) is 6.01. The summed E-state index contributed by atoms with van der Waals surface area (Å²) in [6.07, 6.45) is 2.72. The van der Waals surface area contributed by atoms with Crippen molar-refractivity contribution in [3.63, 3.8) is 0 Å². The van der Waals surface area contributed by atoms with Crippen LogP contribution in [0.3, 0.4) is 0 Å². The highest BCUT2D eigenvalue weighted by atomic mass is 16.2. The molecule has 1 aliphatic heterocycles. The van der Waals surface area contributed by atoms with Gasteiger partial charge in [-0.15, -0.1) is 0 Å². The zero-order valence-electron chi connectivity index (χ0n) is 15.5. The molecule has 0 spiro atoms. The van der Waals surface area contributed by atoms with Gasteiger partial charge in [-0.05, 0) is 37.8 Å². The van der Waals surface area contributed by atoms with Crippen LogP contribution in [0.4, 0.5) is 5.82 Å². The fourth-order valence-electron chi connectivity index (χ4n) is 3.15. The van der Waals surface area contributed by atoms with Crippen molar-refractivity contribution in [1.29, 1.82) is 0 Å². The van der Waals surface area contributed by atoms with Gasteiger partial charge in [-0.25, -0.2) is 4.98 Å². The molecule has 8 heteroatoms. The van der Waals surface area contributed by atoms with E-state index in [1.807, 2.05) is 19.1 Å². The van der Waals surface area contributed by atoms with E-state index in [2.05, 4.69) is 25.5 Å². The second-order valence-corrected chi connectivity index (χ2v) is 6.56. The minimum absolute atomic E-state index is 0.101. The number of pyridine rings is 1. The minimum atomic E-state index is -0.263. The Hall–Kier alpha value is -2.64. The molecule has 1 saturated heterocycles. The topological polar surface area (TPSA) is 113 Å². The van der Waals surface area contributed by atoms with Crippen LogP contribution in [0.25, 0.3) is 0 Å². The molecule has 0 aromatic carbocycles. The van der Waals surface area contributed by atoms with Crippen LogP contribution in [-0.2, 0) is 9.59 Å². The van der Waals surface area contributed by atoms with E-state index in [1.165, 1.54) is 0 Å². The summed E-state index contributed by atoms with van der Waals surface area (Å²) < 4.78 is 0. The number of carbonyl (C=O) groups excluding carboxylic acids is 2. The van der Waals surface area contributed by atoms with Crippen LogP contribution < -0.4 is 16.4 Å². The Balaban J connectivity index is 1.77. The molecule has 8 nitrogen and oxygen atoms in total.